The molecule has 0 fully saturated rings. The Morgan fingerprint density at radius 2 is 0.781 bits per heavy atom. The van der Waals surface area contributed by atoms with E-state index in [9.17, 15) is 29.4 Å². The Bertz CT molecular complexity index is 956. The first-order valence-electron chi connectivity index (χ1n) is 8.86. The van der Waals surface area contributed by atoms with Crippen molar-refractivity contribution in [1.82, 2.24) is 0 Å². The van der Waals surface area contributed by atoms with Gasteiger partial charge in [0.25, 0.3) is 0 Å². The van der Waals surface area contributed by atoms with Crippen molar-refractivity contribution in [1.29, 1.82) is 0 Å². The highest BCUT2D eigenvalue weighted by atomic mass is 16.4. The van der Waals surface area contributed by atoms with E-state index >= 15 is 0 Å². The molecule has 0 radical (unpaired) electrons. The average Bonchev–Trinajstić information content (AvgIpc) is 2.76. The molecule has 0 aliphatic rings. The van der Waals surface area contributed by atoms with Gasteiger partial charge in [-0.1, -0.05) is 36.4 Å². The Hall–Kier alpha value is -4.54. The number of carboxylic acids is 4. The number of hydrogen-bond donors (Lipinski definition) is 4. The Morgan fingerprint density at radius 1 is 0.531 bits per heavy atom. The second kappa shape index (κ2) is 12.2. The molecule has 0 aliphatic carbocycles. The van der Waals surface area contributed by atoms with Crippen LogP contribution in [0.3, 0.4) is 0 Å². The van der Waals surface area contributed by atoms with Gasteiger partial charge in [-0.3, -0.25) is 0 Å². The van der Waals surface area contributed by atoms with E-state index in [0.29, 0.717) is 0 Å². The third-order valence-corrected chi connectivity index (χ3v) is 3.78. The van der Waals surface area contributed by atoms with Crippen molar-refractivity contribution in [2.75, 3.05) is 0 Å². The molecule has 0 unspecified atom stereocenters. The summed E-state index contributed by atoms with van der Waals surface area (Å²) >= 11 is 0. The number of rotatable bonds is 4. The molecule has 0 atom stereocenters. The molecule has 0 spiro atoms. The SMILES string of the molecule is O=C([O-])c1ccccc1C(=O)O.O=C([O-])c1ccccc1C(=O)O.[NH3+]c1ccc([NH3+])cc1. The highest BCUT2D eigenvalue weighted by Crippen LogP contribution is 2.07. The number of aromatic carboxylic acids is 4. The first-order chi connectivity index (χ1) is 15.0. The fraction of sp³-hybridized carbons (Fsp3) is 0. The molecule has 0 aromatic heterocycles. The second-order valence-electron chi connectivity index (χ2n) is 6.09. The van der Waals surface area contributed by atoms with Crippen LogP contribution in [0.1, 0.15) is 41.4 Å². The predicted octanol–water partition coefficient (Wildman–Crippen LogP) is -1.07. The number of carboxylic acid groups (broad SMARTS) is 4. The fourth-order valence-electron chi connectivity index (χ4n) is 2.23. The van der Waals surface area contributed by atoms with Crippen LogP contribution >= 0.6 is 0 Å². The van der Waals surface area contributed by atoms with E-state index in [4.69, 9.17) is 10.2 Å². The molecule has 0 heterocycles. The summed E-state index contributed by atoms with van der Waals surface area (Å²) in [4.78, 5) is 41.6. The van der Waals surface area contributed by atoms with Gasteiger partial charge < -0.3 is 41.5 Å². The molecule has 10 nitrogen and oxygen atoms in total. The Kier molecular flexibility index (Phi) is 9.74. The van der Waals surface area contributed by atoms with Crippen LogP contribution in [0.15, 0.2) is 72.8 Å². The van der Waals surface area contributed by atoms with E-state index < -0.39 is 23.9 Å². The van der Waals surface area contributed by atoms with Crippen molar-refractivity contribution in [2.24, 2.45) is 0 Å². The molecule has 0 saturated carbocycles. The molecule has 8 N–H and O–H groups in total. The molecule has 3 rings (SSSR count). The number of benzene rings is 3. The number of carbonyl (C=O) groups excluding carboxylic acids is 2. The summed E-state index contributed by atoms with van der Waals surface area (Å²) in [5.74, 6) is -5.49. The van der Waals surface area contributed by atoms with E-state index in [0.717, 1.165) is 11.4 Å². The molecule has 0 aliphatic heterocycles. The van der Waals surface area contributed by atoms with Gasteiger partial charge in [0.15, 0.2) is 0 Å². The van der Waals surface area contributed by atoms with Gasteiger partial charge in [0.2, 0.25) is 0 Å². The summed E-state index contributed by atoms with van der Waals surface area (Å²) in [6, 6.07) is 18.4. The van der Waals surface area contributed by atoms with Crippen molar-refractivity contribution in [3.05, 3.63) is 95.1 Å². The quantitative estimate of drug-likeness (QED) is 0.391. The molecule has 0 amide bonds. The highest BCUT2D eigenvalue weighted by Gasteiger charge is 2.09. The van der Waals surface area contributed by atoms with E-state index in [1.54, 1.807) is 0 Å². The maximum atomic E-state index is 10.4. The minimum Gasteiger partial charge on any atom is -0.545 e. The summed E-state index contributed by atoms with van der Waals surface area (Å²) < 4.78 is 0. The smallest absolute Gasteiger partial charge is 0.336 e. The Morgan fingerprint density at radius 3 is 0.969 bits per heavy atom. The van der Waals surface area contributed by atoms with Gasteiger partial charge in [-0.05, 0) is 12.1 Å². The molecular formula is C22H20N2O8. The first kappa shape index (κ1) is 25.5. The minimum absolute atomic E-state index is 0.252. The summed E-state index contributed by atoms with van der Waals surface area (Å²) in [6.07, 6.45) is 0. The molecule has 32 heavy (non-hydrogen) atoms. The molecule has 3 aromatic rings. The molecule has 0 saturated heterocycles. The monoisotopic (exact) mass is 440 g/mol. The zero-order valence-corrected chi connectivity index (χ0v) is 16.7. The van der Waals surface area contributed by atoms with Crippen LogP contribution in [0.25, 0.3) is 0 Å². The zero-order chi connectivity index (χ0) is 24.3. The fourth-order valence-corrected chi connectivity index (χ4v) is 2.23. The zero-order valence-electron chi connectivity index (χ0n) is 16.7. The lowest BCUT2D eigenvalue weighted by molar-refractivity contribution is -0.260. The Labute approximate surface area is 182 Å². The van der Waals surface area contributed by atoms with Crippen molar-refractivity contribution in [3.8, 4) is 0 Å². The summed E-state index contributed by atoms with van der Waals surface area (Å²) in [7, 11) is 0. The Balaban J connectivity index is 0.000000245. The van der Waals surface area contributed by atoms with Gasteiger partial charge in [0.1, 0.15) is 11.4 Å². The van der Waals surface area contributed by atoms with Crippen LogP contribution in [0.5, 0.6) is 0 Å². The van der Waals surface area contributed by atoms with Crippen LogP contribution in [0, 0.1) is 0 Å². The van der Waals surface area contributed by atoms with Gasteiger partial charge in [-0.2, -0.15) is 0 Å². The summed E-state index contributed by atoms with van der Waals surface area (Å²) in [5, 5.41) is 37.8. The number of hydrogen-bond acceptors (Lipinski definition) is 6. The third kappa shape index (κ3) is 8.06. The molecule has 10 heteroatoms. The van der Waals surface area contributed by atoms with Crippen molar-refractivity contribution in [2.45, 2.75) is 0 Å². The third-order valence-electron chi connectivity index (χ3n) is 3.78. The number of carbonyl (C=O) groups is 4. The minimum atomic E-state index is -1.48. The maximum absolute atomic E-state index is 10.4. The highest BCUT2D eigenvalue weighted by molar-refractivity contribution is 6.01. The van der Waals surface area contributed by atoms with Gasteiger partial charge in [-0.15, -0.1) is 0 Å². The van der Waals surface area contributed by atoms with E-state index in [2.05, 4.69) is 11.5 Å². The van der Waals surface area contributed by atoms with Crippen LogP contribution in [-0.2, 0) is 0 Å². The van der Waals surface area contributed by atoms with E-state index in [1.165, 1.54) is 48.5 Å². The van der Waals surface area contributed by atoms with Crippen LogP contribution < -0.4 is 21.7 Å². The summed E-state index contributed by atoms with van der Waals surface area (Å²) in [5.41, 5.74) is 8.44. The average molecular weight is 440 g/mol. The normalized spacial score (nSPS) is 9.31. The lowest BCUT2D eigenvalue weighted by Crippen LogP contribution is -2.42. The molecular weight excluding hydrogens is 420 g/mol. The van der Waals surface area contributed by atoms with Gasteiger partial charge in [0, 0.05) is 35.4 Å². The first-order valence-corrected chi connectivity index (χ1v) is 8.86. The number of quaternary nitrogens is 2. The van der Waals surface area contributed by atoms with Gasteiger partial charge in [-0.25, -0.2) is 9.59 Å². The van der Waals surface area contributed by atoms with E-state index in [1.807, 2.05) is 24.3 Å². The van der Waals surface area contributed by atoms with Crippen LogP contribution in [0.2, 0.25) is 0 Å². The maximum Gasteiger partial charge on any atom is 0.336 e. The van der Waals surface area contributed by atoms with Crippen molar-refractivity contribution in [3.63, 3.8) is 0 Å². The van der Waals surface area contributed by atoms with Crippen molar-refractivity contribution < 1.29 is 51.1 Å². The van der Waals surface area contributed by atoms with Crippen LogP contribution in [0.4, 0.5) is 11.4 Å². The van der Waals surface area contributed by atoms with Crippen LogP contribution in [-0.4, -0.2) is 34.1 Å². The second-order valence-corrected chi connectivity index (χ2v) is 6.09. The summed E-state index contributed by atoms with van der Waals surface area (Å²) in [6.45, 7) is 0. The predicted molar refractivity (Wildman–Crippen MR) is 107 cm³/mol. The van der Waals surface area contributed by atoms with Gasteiger partial charge in [0.05, 0.1) is 23.1 Å². The molecule has 3 aromatic carbocycles. The standard InChI is InChI=1S/2C8H6O4.C6H8N2/c2*9-7(10)5-3-1-2-4-6(5)8(11)12;7-5-1-2-6(8)4-3-5/h2*1-4H,(H,9,10)(H,11,12);1-4H,7-8H2. The lowest BCUT2D eigenvalue weighted by atomic mass is 10.1. The van der Waals surface area contributed by atoms with Crippen molar-refractivity contribution >= 4 is 35.3 Å². The van der Waals surface area contributed by atoms with E-state index in [-0.39, 0.29) is 22.3 Å². The van der Waals surface area contributed by atoms with Gasteiger partial charge >= 0.3 is 11.9 Å². The largest absolute Gasteiger partial charge is 0.545 e. The molecule has 0 bridgehead atoms. The molecule has 166 valence electrons. The lowest BCUT2D eigenvalue weighted by Gasteiger charge is -2.04. The topological polar surface area (TPSA) is 210 Å².